The fourth-order valence-corrected chi connectivity index (χ4v) is 5.10. The van der Waals surface area contributed by atoms with Crippen LogP contribution in [0.25, 0.3) is 11.3 Å². The number of anilines is 1. The average molecular weight is 486 g/mol. The third kappa shape index (κ3) is 4.76. The Hall–Kier alpha value is -3.24. The van der Waals surface area contributed by atoms with Crippen LogP contribution in [-0.4, -0.2) is 37.9 Å². The molecule has 0 saturated carbocycles. The zero-order valence-electron chi connectivity index (χ0n) is 18.4. The van der Waals surface area contributed by atoms with Crippen molar-refractivity contribution in [1.29, 1.82) is 0 Å². The highest BCUT2D eigenvalue weighted by molar-refractivity contribution is 7.90. The smallest absolute Gasteiger partial charge is 0.268 e. The topological polar surface area (TPSA) is 106 Å². The van der Waals surface area contributed by atoms with Gasteiger partial charge in [-0.1, -0.05) is 24.6 Å². The maximum absolute atomic E-state index is 13.0. The maximum Gasteiger partial charge on any atom is 0.268 e. The first-order valence-corrected chi connectivity index (χ1v) is 12.7. The average Bonchev–Trinajstić information content (AvgIpc) is 3.21. The molecule has 0 radical (unpaired) electrons. The lowest BCUT2D eigenvalue weighted by Gasteiger charge is -2.33. The van der Waals surface area contributed by atoms with Crippen molar-refractivity contribution >= 4 is 38.9 Å². The number of nitrogens with zero attached hydrogens (tertiary/aromatic N) is 2. The Bertz CT molecular complexity index is 1320. The van der Waals surface area contributed by atoms with E-state index >= 15 is 0 Å². The molecule has 1 atom stereocenters. The van der Waals surface area contributed by atoms with Crippen LogP contribution in [0.3, 0.4) is 0 Å². The molecule has 2 aromatic carbocycles. The summed E-state index contributed by atoms with van der Waals surface area (Å²) in [4.78, 5) is 31.5. The number of hydrogen-bond donors (Lipinski definition) is 1. The van der Waals surface area contributed by atoms with Crippen molar-refractivity contribution in [3.8, 4) is 17.0 Å². The van der Waals surface area contributed by atoms with Crippen molar-refractivity contribution in [3.05, 3.63) is 58.4 Å². The van der Waals surface area contributed by atoms with Crippen LogP contribution < -0.4 is 14.4 Å². The number of fused-ring (bicyclic) bond motifs is 1. The summed E-state index contributed by atoms with van der Waals surface area (Å²) in [5.41, 5.74) is 2.81. The lowest BCUT2D eigenvalue weighted by molar-refractivity contribution is -0.128. The van der Waals surface area contributed by atoms with Gasteiger partial charge < -0.3 is 4.74 Å². The van der Waals surface area contributed by atoms with Gasteiger partial charge >= 0.3 is 0 Å². The van der Waals surface area contributed by atoms with E-state index in [4.69, 9.17) is 4.74 Å². The first-order valence-electron chi connectivity index (χ1n) is 10.3. The van der Waals surface area contributed by atoms with Crippen LogP contribution in [0.2, 0.25) is 0 Å². The molecule has 3 aromatic rings. The van der Waals surface area contributed by atoms with E-state index < -0.39 is 34.5 Å². The number of nitrogens with one attached hydrogen (secondary N) is 1. The molecule has 1 N–H and O–H groups in total. The predicted molar refractivity (Wildman–Crippen MR) is 126 cm³/mol. The number of aryl methyl sites for hydroxylation is 2. The minimum atomic E-state index is -4.07. The normalized spacial score (nSPS) is 15.7. The molecule has 1 aliphatic heterocycles. The number of thiazole rings is 1. The van der Waals surface area contributed by atoms with Crippen molar-refractivity contribution in [2.75, 3.05) is 11.4 Å². The maximum atomic E-state index is 13.0. The predicted octanol–water partition coefficient (Wildman–Crippen LogP) is 3.44. The SMILES string of the molecule is CCC1Oc2ccc(-c3csc(C)n3)cc2N(CC(=O)NS(=O)(=O)c2ccc(C)cc2)C1=O. The zero-order chi connectivity index (χ0) is 23.8. The van der Waals surface area contributed by atoms with Gasteiger partial charge in [-0.3, -0.25) is 14.5 Å². The van der Waals surface area contributed by atoms with Gasteiger partial charge in [0.15, 0.2) is 6.10 Å². The van der Waals surface area contributed by atoms with Gasteiger partial charge in [0, 0.05) is 10.9 Å². The van der Waals surface area contributed by atoms with E-state index in [2.05, 4.69) is 9.71 Å². The Morgan fingerprint density at radius 3 is 2.55 bits per heavy atom. The van der Waals surface area contributed by atoms with Crippen LogP contribution in [0.4, 0.5) is 5.69 Å². The summed E-state index contributed by atoms with van der Waals surface area (Å²) in [6.07, 6.45) is -0.350. The van der Waals surface area contributed by atoms with Gasteiger partial charge in [0.25, 0.3) is 21.8 Å². The molecule has 1 aromatic heterocycles. The summed E-state index contributed by atoms with van der Waals surface area (Å²) in [6, 6.07) is 11.5. The van der Waals surface area contributed by atoms with E-state index in [1.807, 2.05) is 25.3 Å². The van der Waals surface area contributed by atoms with Crippen LogP contribution in [-0.2, 0) is 19.6 Å². The lowest BCUT2D eigenvalue weighted by atomic mass is 10.1. The largest absolute Gasteiger partial charge is 0.478 e. The minimum Gasteiger partial charge on any atom is -0.478 e. The molecule has 172 valence electrons. The molecule has 33 heavy (non-hydrogen) atoms. The first-order chi connectivity index (χ1) is 15.7. The summed E-state index contributed by atoms with van der Waals surface area (Å²) >= 11 is 1.50. The van der Waals surface area contributed by atoms with Crippen molar-refractivity contribution in [1.82, 2.24) is 9.71 Å². The fraction of sp³-hybridized carbons (Fsp3) is 0.261. The monoisotopic (exact) mass is 485 g/mol. The Kier molecular flexibility index (Phi) is 6.22. The second kappa shape index (κ2) is 8.95. The number of amides is 2. The van der Waals surface area contributed by atoms with Crippen molar-refractivity contribution in [3.63, 3.8) is 0 Å². The van der Waals surface area contributed by atoms with Crippen LogP contribution >= 0.6 is 11.3 Å². The van der Waals surface area contributed by atoms with E-state index in [0.717, 1.165) is 21.8 Å². The Balaban J connectivity index is 1.62. The van der Waals surface area contributed by atoms with Gasteiger partial charge in [0.05, 0.1) is 21.3 Å². The lowest BCUT2D eigenvalue weighted by Crippen LogP contribution is -2.50. The number of carbonyl (C=O) groups excluding carboxylic acids is 2. The molecular formula is C23H23N3O5S2. The van der Waals surface area contributed by atoms with Crippen molar-refractivity contribution < 1.29 is 22.7 Å². The molecule has 0 saturated heterocycles. The van der Waals surface area contributed by atoms with Crippen LogP contribution in [0, 0.1) is 13.8 Å². The molecule has 0 aliphatic carbocycles. The molecule has 0 bridgehead atoms. The molecule has 2 heterocycles. The summed E-state index contributed by atoms with van der Waals surface area (Å²) in [5, 5.41) is 2.81. The molecule has 10 heteroatoms. The molecule has 2 amide bonds. The summed E-state index contributed by atoms with van der Waals surface area (Å²) in [6.45, 7) is 5.08. The zero-order valence-corrected chi connectivity index (χ0v) is 20.0. The first kappa shape index (κ1) is 22.9. The van der Waals surface area contributed by atoms with Crippen LogP contribution in [0.15, 0.2) is 52.7 Å². The number of aromatic nitrogens is 1. The summed E-state index contributed by atoms with van der Waals surface area (Å²) < 4.78 is 33.1. The number of ether oxygens (including phenoxy) is 1. The highest BCUT2D eigenvalue weighted by Crippen LogP contribution is 2.38. The second-order valence-electron chi connectivity index (χ2n) is 7.72. The number of sulfonamides is 1. The van der Waals surface area contributed by atoms with E-state index in [0.29, 0.717) is 17.9 Å². The number of rotatable bonds is 6. The van der Waals surface area contributed by atoms with E-state index in [9.17, 15) is 18.0 Å². The Labute approximate surface area is 196 Å². The van der Waals surface area contributed by atoms with Crippen LogP contribution in [0.1, 0.15) is 23.9 Å². The van der Waals surface area contributed by atoms with Gasteiger partial charge in [-0.15, -0.1) is 11.3 Å². The third-order valence-electron chi connectivity index (χ3n) is 5.23. The Morgan fingerprint density at radius 2 is 1.91 bits per heavy atom. The quantitative estimate of drug-likeness (QED) is 0.573. The molecule has 1 unspecified atom stereocenters. The number of hydrogen-bond acceptors (Lipinski definition) is 7. The molecule has 1 aliphatic rings. The third-order valence-corrected chi connectivity index (χ3v) is 7.39. The van der Waals surface area contributed by atoms with Crippen molar-refractivity contribution in [2.45, 2.75) is 38.2 Å². The molecule has 4 rings (SSSR count). The highest BCUT2D eigenvalue weighted by Gasteiger charge is 2.35. The van der Waals surface area contributed by atoms with Gasteiger partial charge in [-0.25, -0.2) is 18.1 Å². The molecule has 0 fully saturated rings. The molecule has 8 nitrogen and oxygen atoms in total. The second-order valence-corrected chi connectivity index (χ2v) is 10.5. The van der Waals surface area contributed by atoms with E-state index in [-0.39, 0.29) is 4.90 Å². The Morgan fingerprint density at radius 1 is 1.18 bits per heavy atom. The van der Waals surface area contributed by atoms with Crippen molar-refractivity contribution in [2.24, 2.45) is 0 Å². The molecular weight excluding hydrogens is 462 g/mol. The van der Waals surface area contributed by atoms with E-state index in [1.165, 1.54) is 28.4 Å². The van der Waals surface area contributed by atoms with Gasteiger partial charge in [-0.2, -0.15) is 0 Å². The van der Waals surface area contributed by atoms with Gasteiger partial charge in [0.1, 0.15) is 12.3 Å². The number of carbonyl (C=O) groups is 2. The standard InChI is InChI=1S/C23H23N3O5S2/c1-4-20-23(28)26(12-22(27)25-33(29,30)17-8-5-14(2)6-9-17)19-11-16(7-10-21(19)31-20)18-13-32-15(3)24-18/h5-11,13,20H,4,12H2,1-3H3,(H,25,27). The summed E-state index contributed by atoms with van der Waals surface area (Å²) in [5.74, 6) is -0.771. The number of benzene rings is 2. The van der Waals surface area contributed by atoms with Gasteiger partial charge in [0.2, 0.25) is 0 Å². The van der Waals surface area contributed by atoms with Crippen LogP contribution in [0.5, 0.6) is 5.75 Å². The van der Waals surface area contributed by atoms with E-state index in [1.54, 1.807) is 31.2 Å². The minimum absolute atomic E-state index is 0.0252. The summed E-state index contributed by atoms with van der Waals surface area (Å²) in [7, 11) is -4.07. The molecule has 0 spiro atoms. The highest BCUT2D eigenvalue weighted by atomic mass is 32.2. The fourth-order valence-electron chi connectivity index (χ4n) is 3.50. The van der Waals surface area contributed by atoms with Gasteiger partial charge in [-0.05, 0) is 50.6 Å².